The largest absolute Gasteiger partial charge is 0.306 e. The molecule has 120 valence electrons. The molecule has 1 aliphatic rings. The molecule has 0 fully saturated rings. The molecule has 0 unspecified atom stereocenters. The van der Waals surface area contributed by atoms with E-state index in [0.717, 1.165) is 37.8 Å². The molecular weight excluding hydrogens is 433 g/mol. The van der Waals surface area contributed by atoms with Crippen molar-refractivity contribution in [3.05, 3.63) is 75.0 Å². The molecule has 4 rings (SSSR count). The third-order valence-corrected chi connectivity index (χ3v) is 5.81. The molecule has 1 aromatic heterocycles. The summed E-state index contributed by atoms with van der Waals surface area (Å²) in [4.78, 5) is 12.8. The lowest BCUT2D eigenvalue weighted by atomic mass is 10.2. The quantitative estimate of drug-likeness (QED) is 0.603. The van der Waals surface area contributed by atoms with Crippen LogP contribution in [0.4, 0.5) is 5.82 Å². The molecule has 0 aliphatic carbocycles. The summed E-state index contributed by atoms with van der Waals surface area (Å²) in [5, 5.41) is 7.80. The van der Waals surface area contributed by atoms with Crippen LogP contribution in [0.2, 0.25) is 0 Å². The van der Waals surface area contributed by atoms with Crippen molar-refractivity contribution in [1.29, 1.82) is 0 Å². The molecule has 6 heteroatoms. The highest BCUT2D eigenvalue weighted by Gasteiger charge is 2.25. The third kappa shape index (κ3) is 2.84. The number of fused-ring (bicyclic) bond motifs is 1. The second kappa shape index (κ2) is 6.60. The lowest BCUT2D eigenvalue weighted by molar-refractivity contribution is 0.102. The molecule has 2 heterocycles. The van der Waals surface area contributed by atoms with Gasteiger partial charge in [0.25, 0.3) is 5.91 Å². The summed E-state index contributed by atoms with van der Waals surface area (Å²) in [7, 11) is 0. The van der Waals surface area contributed by atoms with Gasteiger partial charge in [-0.15, -0.1) is 0 Å². The first-order valence-electron chi connectivity index (χ1n) is 7.54. The molecule has 2 aromatic carbocycles. The number of carbonyl (C=O) groups excluding carboxylic acids is 1. The van der Waals surface area contributed by atoms with Crippen LogP contribution in [0.25, 0.3) is 5.69 Å². The number of hydrogen-bond donors (Lipinski definition) is 1. The number of thioether (sulfide) groups is 1. The standard InChI is InChI=1S/C18H14IN3OS/c19-15-9-5-4-8-13(15)18(23)20-17-14-10-24-11-16(14)21-22(17)12-6-2-1-3-7-12/h1-9H,10-11H2,(H,20,23). The van der Waals surface area contributed by atoms with E-state index in [1.165, 1.54) is 0 Å². The Kier molecular flexibility index (Phi) is 4.32. The Morgan fingerprint density at radius 2 is 1.83 bits per heavy atom. The smallest absolute Gasteiger partial charge is 0.257 e. The van der Waals surface area contributed by atoms with Crippen molar-refractivity contribution in [1.82, 2.24) is 9.78 Å². The Balaban J connectivity index is 1.75. The van der Waals surface area contributed by atoms with Crippen LogP contribution in [0.3, 0.4) is 0 Å². The van der Waals surface area contributed by atoms with E-state index >= 15 is 0 Å². The van der Waals surface area contributed by atoms with E-state index in [9.17, 15) is 4.79 Å². The van der Waals surface area contributed by atoms with Gasteiger partial charge in [-0.2, -0.15) is 16.9 Å². The van der Waals surface area contributed by atoms with E-state index in [-0.39, 0.29) is 5.91 Å². The van der Waals surface area contributed by atoms with Gasteiger partial charge < -0.3 is 5.32 Å². The molecule has 4 nitrogen and oxygen atoms in total. The van der Waals surface area contributed by atoms with Crippen molar-refractivity contribution < 1.29 is 4.79 Å². The van der Waals surface area contributed by atoms with Crippen LogP contribution >= 0.6 is 34.4 Å². The maximum Gasteiger partial charge on any atom is 0.257 e. The van der Waals surface area contributed by atoms with E-state index in [2.05, 4.69) is 27.9 Å². The maximum atomic E-state index is 12.8. The summed E-state index contributed by atoms with van der Waals surface area (Å²) in [5.74, 6) is 2.45. The zero-order valence-corrected chi connectivity index (χ0v) is 15.7. The van der Waals surface area contributed by atoms with Gasteiger partial charge in [0.05, 0.1) is 16.9 Å². The van der Waals surface area contributed by atoms with E-state index in [4.69, 9.17) is 5.10 Å². The Labute approximate surface area is 157 Å². The topological polar surface area (TPSA) is 46.9 Å². The lowest BCUT2D eigenvalue weighted by Crippen LogP contribution is -2.17. The van der Waals surface area contributed by atoms with E-state index in [1.54, 1.807) is 0 Å². The number of hydrogen-bond acceptors (Lipinski definition) is 3. The monoisotopic (exact) mass is 447 g/mol. The number of nitrogens with one attached hydrogen (secondary N) is 1. The summed E-state index contributed by atoms with van der Waals surface area (Å²) < 4.78 is 2.78. The summed E-state index contributed by atoms with van der Waals surface area (Å²) >= 11 is 4.01. The molecule has 0 radical (unpaired) electrons. The number of benzene rings is 2. The molecule has 0 saturated carbocycles. The highest BCUT2D eigenvalue weighted by Crippen LogP contribution is 2.36. The molecule has 3 aromatic rings. The van der Waals surface area contributed by atoms with Crippen LogP contribution in [0, 0.1) is 3.57 Å². The molecule has 0 atom stereocenters. The van der Waals surface area contributed by atoms with Crippen molar-refractivity contribution in [3.63, 3.8) is 0 Å². The molecule has 0 spiro atoms. The van der Waals surface area contributed by atoms with Gasteiger partial charge in [0.15, 0.2) is 0 Å². The van der Waals surface area contributed by atoms with Crippen LogP contribution < -0.4 is 5.32 Å². The maximum absolute atomic E-state index is 12.8. The fourth-order valence-corrected chi connectivity index (χ4v) is 4.38. The summed E-state index contributed by atoms with van der Waals surface area (Å²) in [6, 6.07) is 17.5. The Bertz CT molecular complexity index is 908. The number of anilines is 1. The Hall–Kier alpha value is -1.80. The highest BCUT2D eigenvalue weighted by molar-refractivity contribution is 14.1. The van der Waals surface area contributed by atoms with Crippen LogP contribution in [-0.4, -0.2) is 15.7 Å². The molecule has 1 amide bonds. The number of carbonyl (C=O) groups is 1. The molecule has 0 bridgehead atoms. The van der Waals surface area contributed by atoms with Crippen LogP contribution in [0.1, 0.15) is 21.6 Å². The SMILES string of the molecule is O=C(Nc1c2c(nn1-c1ccccc1)CSC2)c1ccccc1I. The molecule has 24 heavy (non-hydrogen) atoms. The van der Waals surface area contributed by atoms with Crippen molar-refractivity contribution in [2.45, 2.75) is 11.5 Å². The van der Waals surface area contributed by atoms with Gasteiger partial charge in [-0.25, -0.2) is 4.68 Å². The van der Waals surface area contributed by atoms with E-state index < -0.39 is 0 Å². The van der Waals surface area contributed by atoms with Crippen molar-refractivity contribution in [2.24, 2.45) is 0 Å². The first-order chi connectivity index (χ1) is 11.7. The summed E-state index contributed by atoms with van der Waals surface area (Å²) in [6.45, 7) is 0. The van der Waals surface area contributed by atoms with Gasteiger partial charge in [-0.1, -0.05) is 30.3 Å². The first-order valence-corrected chi connectivity index (χ1v) is 9.77. The van der Waals surface area contributed by atoms with Gasteiger partial charge in [-0.05, 0) is 46.9 Å². The number of amides is 1. The first kappa shape index (κ1) is 15.7. The second-order valence-corrected chi connectivity index (χ2v) is 7.60. The minimum atomic E-state index is -0.100. The minimum Gasteiger partial charge on any atom is -0.306 e. The normalized spacial score (nSPS) is 12.9. The molecular formula is C18H14IN3OS. The zero-order chi connectivity index (χ0) is 16.5. The van der Waals surface area contributed by atoms with Crippen molar-refractivity contribution in [3.8, 4) is 5.69 Å². The summed E-state index contributed by atoms with van der Waals surface area (Å²) in [6.07, 6.45) is 0. The highest BCUT2D eigenvalue weighted by atomic mass is 127. The van der Waals surface area contributed by atoms with Gasteiger partial charge in [0.1, 0.15) is 5.82 Å². The lowest BCUT2D eigenvalue weighted by Gasteiger charge is -2.11. The second-order valence-electron chi connectivity index (χ2n) is 5.45. The van der Waals surface area contributed by atoms with E-state index in [1.807, 2.05) is 71.0 Å². The van der Waals surface area contributed by atoms with Gasteiger partial charge in [0, 0.05) is 20.6 Å². The van der Waals surface area contributed by atoms with Crippen molar-refractivity contribution >= 4 is 46.1 Å². The van der Waals surface area contributed by atoms with E-state index in [0.29, 0.717) is 5.56 Å². The predicted molar refractivity (Wildman–Crippen MR) is 106 cm³/mol. The minimum absolute atomic E-state index is 0.100. The molecule has 1 N–H and O–H groups in total. The molecule has 1 aliphatic heterocycles. The van der Waals surface area contributed by atoms with Crippen molar-refractivity contribution in [2.75, 3.05) is 5.32 Å². The van der Waals surface area contributed by atoms with Crippen LogP contribution in [0.5, 0.6) is 0 Å². The number of halogens is 1. The van der Waals surface area contributed by atoms with Gasteiger partial charge in [-0.3, -0.25) is 4.79 Å². The van der Waals surface area contributed by atoms with Crippen LogP contribution in [-0.2, 0) is 11.5 Å². The van der Waals surface area contributed by atoms with Crippen LogP contribution in [0.15, 0.2) is 54.6 Å². The Morgan fingerprint density at radius 1 is 1.08 bits per heavy atom. The number of aromatic nitrogens is 2. The average molecular weight is 447 g/mol. The number of para-hydroxylation sites is 1. The van der Waals surface area contributed by atoms with Gasteiger partial charge >= 0.3 is 0 Å². The summed E-state index contributed by atoms with van der Waals surface area (Å²) in [5.41, 5.74) is 3.82. The number of nitrogens with zero attached hydrogens (tertiary/aromatic N) is 2. The molecule has 0 saturated heterocycles. The fourth-order valence-electron chi connectivity index (χ4n) is 2.72. The fraction of sp³-hybridized carbons (Fsp3) is 0.111. The average Bonchev–Trinajstić information content (AvgIpc) is 3.19. The predicted octanol–water partition coefficient (Wildman–Crippen LogP) is 4.48. The third-order valence-electron chi connectivity index (χ3n) is 3.90. The number of rotatable bonds is 3. The zero-order valence-electron chi connectivity index (χ0n) is 12.7. The van der Waals surface area contributed by atoms with Gasteiger partial charge in [0.2, 0.25) is 0 Å². The Morgan fingerprint density at radius 3 is 2.62 bits per heavy atom.